The van der Waals surface area contributed by atoms with E-state index in [1.54, 1.807) is 13.0 Å². The lowest BCUT2D eigenvalue weighted by Crippen LogP contribution is -2.06. The quantitative estimate of drug-likeness (QED) is 0.690. The van der Waals surface area contributed by atoms with Gasteiger partial charge < -0.3 is 9.84 Å². The van der Waals surface area contributed by atoms with Crippen LogP contribution in [-0.2, 0) is 4.74 Å². The van der Waals surface area contributed by atoms with E-state index < -0.39 is 5.97 Å². The molecule has 0 fully saturated rings. The van der Waals surface area contributed by atoms with Crippen molar-refractivity contribution in [3.63, 3.8) is 0 Å². The first-order valence-electron chi connectivity index (χ1n) is 6.62. The van der Waals surface area contributed by atoms with Gasteiger partial charge >= 0.3 is 5.97 Å². The number of carbonyl (C=O) groups excluding carboxylic acids is 2. The summed E-state index contributed by atoms with van der Waals surface area (Å²) < 4.78 is 4.67. The Kier molecular flexibility index (Phi) is 4.38. The first-order valence-corrected chi connectivity index (χ1v) is 6.62. The summed E-state index contributed by atoms with van der Waals surface area (Å²) in [7, 11) is 1.23. The molecule has 2 rings (SSSR count). The maximum Gasteiger partial charge on any atom is 0.341 e. The number of carbonyl (C=O) groups is 2. The Morgan fingerprint density at radius 3 is 2.24 bits per heavy atom. The average Bonchev–Trinajstić information content (AvgIpc) is 2.54. The Bertz CT molecular complexity index is 637. The summed E-state index contributed by atoms with van der Waals surface area (Å²) >= 11 is 0. The minimum Gasteiger partial charge on any atom is -0.506 e. The van der Waals surface area contributed by atoms with Crippen LogP contribution in [0.3, 0.4) is 0 Å². The smallest absolute Gasteiger partial charge is 0.341 e. The van der Waals surface area contributed by atoms with E-state index in [9.17, 15) is 14.7 Å². The monoisotopic (exact) mass is 284 g/mol. The highest BCUT2D eigenvalue weighted by atomic mass is 16.5. The lowest BCUT2D eigenvalue weighted by Gasteiger charge is -2.11. The second-order valence-electron chi connectivity index (χ2n) is 4.55. The van der Waals surface area contributed by atoms with Crippen LogP contribution in [0.25, 0.3) is 11.1 Å². The molecule has 0 heterocycles. The zero-order valence-corrected chi connectivity index (χ0v) is 11.9. The summed E-state index contributed by atoms with van der Waals surface area (Å²) in [5, 5.41) is 10.1. The second kappa shape index (κ2) is 6.22. The number of rotatable bonds is 4. The zero-order valence-electron chi connectivity index (χ0n) is 11.9. The Morgan fingerprint density at radius 2 is 1.67 bits per heavy atom. The van der Waals surface area contributed by atoms with E-state index in [1.807, 2.05) is 30.3 Å². The van der Waals surface area contributed by atoms with Crippen molar-refractivity contribution in [1.82, 2.24) is 0 Å². The number of ketones is 1. The molecule has 0 unspecified atom stereocenters. The van der Waals surface area contributed by atoms with Gasteiger partial charge in [-0.3, -0.25) is 4.79 Å². The summed E-state index contributed by atoms with van der Waals surface area (Å²) in [5.74, 6) is -1.22. The first-order chi connectivity index (χ1) is 10.1. The van der Waals surface area contributed by atoms with Gasteiger partial charge in [0.25, 0.3) is 0 Å². The van der Waals surface area contributed by atoms with Gasteiger partial charge in [0.2, 0.25) is 0 Å². The number of phenolic OH excluding ortho intramolecular Hbond substituents is 1. The summed E-state index contributed by atoms with van der Waals surface area (Å²) in [6.07, 6.45) is 0.242. The fourth-order valence-corrected chi connectivity index (χ4v) is 2.10. The lowest BCUT2D eigenvalue weighted by molar-refractivity contribution is 0.0597. The van der Waals surface area contributed by atoms with E-state index >= 15 is 0 Å². The largest absolute Gasteiger partial charge is 0.506 e. The van der Waals surface area contributed by atoms with Crippen molar-refractivity contribution in [2.45, 2.75) is 13.3 Å². The van der Waals surface area contributed by atoms with Crippen LogP contribution in [0.4, 0.5) is 0 Å². The van der Waals surface area contributed by atoms with Crippen LogP contribution in [0.1, 0.15) is 34.1 Å². The number of methoxy groups -OCH3 is 1. The van der Waals surface area contributed by atoms with Crippen molar-refractivity contribution in [2.24, 2.45) is 0 Å². The molecule has 0 aliphatic carbocycles. The SMILES string of the molecule is CCC(=O)c1cc(-c2ccccc2)cc(C(=O)OC)c1O. The van der Waals surface area contributed by atoms with Crippen molar-refractivity contribution in [3.8, 4) is 16.9 Å². The molecule has 0 amide bonds. The van der Waals surface area contributed by atoms with E-state index in [0.29, 0.717) is 5.56 Å². The van der Waals surface area contributed by atoms with Crippen molar-refractivity contribution < 1.29 is 19.4 Å². The highest BCUT2D eigenvalue weighted by Crippen LogP contribution is 2.31. The normalized spacial score (nSPS) is 10.2. The molecule has 0 saturated carbocycles. The highest BCUT2D eigenvalue weighted by Gasteiger charge is 2.20. The molecular formula is C17H16O4. The summed E-state index contributed by atoms with van der Waals surface area (Å²) in [6, 6.07) is 12.5. The van der Waals surface area contributed by atoms with Crippen LogP contribution < -0.4 is 0 Å². The molecule has 0 atom stereocenters. The van der Waals surface area contributed by atoms with Gasteiger partial charge in [0, 0.05) is 6.42 Å². The molecule has 1 N–H and O–H groups in total. The second-order valence-corrected chi connectivity index (χ2v) is 4.55. The van der Waals surface area contributed by atoms with Crippen LogP contribution in [0.2, 0.25) is 0 Å². The van der Waals surface area contributed by atoms with Gasteiger partial charge in [0.05, 0.1) is 12.7 Å². The molecule has 4 heteroatoms. The molecular weight excluding hydrogens is 268 g/mol. The molecule has 0 aliphatic rings. The van der Waals surface area contributed by atoms with E-state index in [1.165, 1.54) is 13.2 Å². The van der Waals surface area contributed by atoms with Gasteiger partial charge in [0.1, 0.15) is 11.3 Å². The zero-order chi connectivity index (χ0) is 15.4. The Hall–Kier alpha value is -2.62. The van der Waals surface area contributed by atoms with Crippen molar-refractivity contribution in [1.29, 1.82) is 0 Å². The van der Waals surface area contributed by atoms with E-state index in [0.717, 1.165) is 5.56 Å². The predicted octanol–water partition coefficient (Wildman–Crippen LogP) is 3.44. The third-order valence-electron chi connectivity index (χ3n) is 3.24. The maximum atomic E-state index is 12.0. The number of hydrogen-bond donors (Lipinski definition) is 1. The van der Waals surface area contributed by atoms with Crippen LogP contribution in [0, 0.1) is 0 Å². The molecule has 4 nitrogen and oxygen atoms in total. The number of Topliss-reactive ketones (excluding diaryl/α,β-unsaturated/α-hetero) is 1. The topological polar surface area (TPSA) is 63.6 Å². The molecule has 0 saturated heterocycles. The Balaban J connectivity index is 2.67. The standard InChI is InChI=1S/C17H16O4/c1-3-15(18)13-9-12(11-7-5-4-6-8-11)10-14(16(13)19)17(20)21-2/h4-10,19H,3H2,1-2H3. The molecule has 0 aromatic heterocycles. The number of hydrogen-bond acceptors (Lipinski definition) is 4. The maximum absolute atomic E-state index is 12.0. The van der Waals surface area contributed by atoms with Crippen LogP contribution >= 0.6 is 0 Å². The van der Waals surface area contributed by atoms with E-state index in [-0.39, 0.29) is 29.1 Å². The molecule has 0 bridgehead atoms. The van der Waals surface area contributed by atoms with Crippen LogP contribution in [0.5, 0.6) is 5.75 Å². The molecule has 0 radical (unpaired) electrons. The first kappa shape index (κ1) is 14.8. The Morgan fingerprint density at radius 1 is 1.05 bits per heavy atom. The average molecular weight is 284 g/mol. The number of ether oxygens (including phenoxy) is 1. The third kappa shape index (κ3) is 2.94. The molecule has 0 aliphatic heterocycles. The van der Waals surface area contributed by atoms with E-state index in [2.05, 4.69) is 4.74 Å². The van der Waals surface area contributed by atoms with Crippen molar-refractivity contribution in [3.05, 3.63) is 53.6 Å². The van der Waals surface area contributed by atoms with Gasteiger partial charge in [-0.2, -0.15) is 0 Å². The molecule has 2 aromatic rings. The fraction of sp³-hybridized carbons (Fsp3) is 0.176. The van der Waals surface area contributed by atoms with Crippen LogP contribution in [0.15, 0.2) is 42.5 Å². The fourth-order valence-electron chi connectivity index (χ4n) is 2.10. The predicted molar refractivity (Wildman–Crippen MR) is 79.5 cm³/mol. The number of aromatic hydroxyl groups is 1. The molecule has 2 aromatic carbocycles. The van der Waals surface area contributed by atoms with E-state index in [4.69, 9.17) is 0 Å². The Labute approximate surface area is 123 Å². The number of esters is 1. The van der Waals surface area contributed by atoms with Gasteiger partial charge in [-0.1, -0.05) is 37.3 Å². The number of phenols is 1. The summed E-state index contributed by atoms with van der Waals surface area (Å²) in [5.41, 5.74) is 1.67. The summed E-state index contributed by atoms with van der Waals surface area (Å²) in [6.45, 7) is 1.70. The van der Waals surface area contributed by atoms with Gasteiger partial charge in [-0.25, -0.2) is 4.79 Å². The molecule has 0 spiro atoms. The minimum atomic E-state index is -0.671. The van der Waals surface area contributed by atoms with Gasteiger partial charge in [-0.15, -0.1) is 0 Å². The third-order valence-corrected chi connectivity index (χ3v) is 3.24. The minimum absolute atomic E-state index is 0.00402. The van der Waals surface area contributed by atoms with Gasteiger partial charge in [-0.05, 0) is 23.3 Å². The van der Waals surface area contributed by atoms with Crippen molar-refractivity contribution >= 4 is 11.8 Å². The summed E-state index contributed by atoms with van der Waals surface area (Å²) in [4.78, 5) is 23.8. The van der Waals surface area contributed by atoms with Gasteiger partial charge in [0.15, 0.2) is 5.78 Å². The van der Waals surface area contributed by atoms with Crippen LogP contribution in [-0.4, -0.2) is 24.0 Å². The van der Waals surface area contributed by atoms with Crippen molar-refractivity contribution in [2.75, 3.05) is 7.11 Å². The molecule has 21 heavy (non-hydrogen) atoms. The highest BCUT2D eigenvalue weighted by molar-refractivity contribution is 6.04. The number of benzene rings is 2. The lowest BCUT2D eigenvalue weighted by atomic mass is 9.96. The molecule has 108 valence electrons.